The highest BCUT2D eigenvalue weighted by atomic mass is 19.4. The van der Waals surface area contributed by atoms with Gasteiger partial charge in [-0.3, -0.25) is 14.6 Å². The number of piperidine rings is 1. The maximum atomic E-state index is 14.0. The summed E-state index contributed by atoms with van der Waals surface area (Å²) in [6.45, 7) is 3.80. The predicted octanol–water partition coefficient (Wildman–Crippen LogP) is 4.66. The molecule has 3 heterocycles. The highest BCUT2D eigenvalue weighted by Gasteiger charge is 2.33. The molecule has 0 atom stereocenters. The minimum atomic E-state index is -4.60. The van der Waals surface area contributed by atoms with Gasteiger partial charge in [-0.1, -0.05) is 6.07 Å². The van der Waals surface area contributed by atoms with Crippen LogP contribution in [0.15, 0.2) is 36.5 Å². The Morgan fingerprint density at radius 1 is 1.05 bits per heavy atom. The van der Waals surface area contributed by atoms with E-state index in [1.54, 1.807) is 13.8 Å². The van der Waals surface area contributed by atoms with Crippen LogP contribution in [0.25, 0.3) is 0 Å². The minimum Gasteiger partial charge on any atom is -0.348 e. The molecule has 0 spiro atoms. The Morgan fingerprint density at radius 2 is 1.72 bits per heavy atom. The molecule has 1 aliphatic heterocycles. The molecule has 39 heavy (non-hydrogen) atoms. The van der Waals surface area contributed by atoms with Crippen LogP contribution in [0.5, 0.6) is 0 Å². The summed E-state index contributed by atoms with van der Waals surface area (Å²) in [5, 5.41) is 2.65. The zero-order chi connectivity index (χ0) is 28.3. The Labute approximate surface area is 221 Å². The lowest BCUT2D eigenvalue weighted by Crippen LogP contribution is -2.39. The number of benzene rings is 1. The number of alkyl halides is 3. The first-order valence-corrected chi connectivity index (χ1v) is 12.3. The van der Waals surface area contributed by atoms with Crippen LogP contribution in [0, 0.1) is 25.5 Å². The van der Waals surface area contributed by atoms with Crippen LogP contribution in [0.4, 0.5) is 22.0 Å². The van der Waals surface area contributed by atoms with Gasteiger partial charge in [0.2, 0.25) is 5.91 Å². The predicted molar refractivity (Wildman–Crippen MR) is 131 cm³/mol. The van der Waals surface area contributed by atoms with Gasteiger partial charge in [-0.25, -0.2) is 18.7 Å². The third-order valence-electron chi connectivity index (χ3n) is 6.65. The molecule has 12 heteroatoms. The molecule has 1 N–H and O–H groups in total. The number of hydrogen-bond acceptors (Lipinski definition) is 5. The molecule has 0 unspecified atom stereocenters. The van der Waals surface area contributed by atoms with E-state index in [4.69, 9.17) is 0 Å². The SMILES string of the molecule is Cc1nc(C)c(C(=O)NCc2ccnc(C(F)(F)F)c2)c(C2CCN(C(=O)Cc3c(F)cccc3F)CC2)n1. The molecule has 1 saturated heterocycles. The minimum absolute atomic E-state index is 0.156. The molecule has 2 amide bonds. The highest BCUT2D eigenvalue weighted by molar-refractivity contribution is 5.96. The standard InChI is InChI=1S/C27H26F5N5O2/c1-15-24(26(39)34-14-17-6-9-33-22(12-17)27(30,31)32)25(36-16(2)35-15)18-7-10-37(11-8-18)23(38)13-19-20(28)4-3-5-21(19)29/h3-6,9,12,18H,7-8,10-11,13-14H2,1-2H3,(H,34,39). The number of amides is 2. The zero-order valence-electron chi connectivity index (χ0n) is 21.3. The summed E-state index contributed by atoms with van der Waals surface area (Å²) in [6.07, 6.45) is -3.05. The first-order valence-electron chi connectivity index (χ1n) is 12.3. The van der Waals surface area contributed by atoms with E-state index in [0.29, 0.717) is 43.1 Å². The average Bonchev–Trinajstić information content (AvgIpc) is 2.88. The molecule has 1 aromatic carbocycles. The summed E-state index contributed by atoms with van der Waals surface area (Å²) >= 11 is 0. The van der Waals surface area contributed by atoms with Gasteiger partial charge >= 0.3 is 6.18 Å². The number of carbonyl (C=O) groups excluding carboxylic acids is 2. The van der Waals surface area contributed by atoms with E-state index in [2.05, 4.69) is 20.3 Å². The van der Waals surface area contributed by atoms with Crippen molar-refractivity contribution in [2.75, 3.05) is 13.1 Å². The van der Waals surface area contributed by atoms with Crippen molar-refractivity contribution in [1.29, 1.82) is 0 Å². The fraction of sp³-hybridized carbons (Fsp3) is 0.370. The molecule has 0 bridgehead atoms. The number of nitrogens with one attached hydrogen (secondary N) is 1. The number of halogens is 5. The maximum Gasteiger partial charge on any atom is 0.433 e. The van der Waals surface area contributed by atoms with Gasteiger partial charge in [-0.15, -0.1) is 0 Å². The average molecular weight is 548 g/mol. The fourth-order valence-corrected chi connectivity index (χ4v) is 4.69. The van der Waals surface area contributed by atoms with E-state index in [-0.39, 0.29) is 29.2 Å². The van der Waals surface area contributed by atoms with Crippen LogP contribution in [0.3, 0.4) is 0 Å². The van der Waals surface area contributed by atoms with E-state index in [0.717, 1.165) is 24.4 Å². The molecule has 1 aliphatic rings. The van der Waals surface area contributed by atoms with Crippen molar-refractivity contribution in [2.24, 2.45) is 0 Å². The van der Waals surface area contributed by atoms with Crippen LogP contribution >= 0.6 is 0 Å². The molecule has 2 aromatic heterocycles. The third-order valence-corrected chi connectivity index (χ3v) is 6.65. The van der Waals surface area contributed by atoms with E-state index in [1.807, 2.05) is 0 Å². The number of aromatic nitrogens is 3. The molecule has 0 radical (unpaired) electrons. The van der Waals surface area contributed by atoms with E-state index < -0.39 is 41.7 Å². The summed E-state index contributed by atoms with van der Waals surface area (Å²) < 4.78 is 66.9. The molecule has 0 saturated carbocycles. The second-order valence-electron chi connectivity index (χ2n) is 9.38. The number of nitrogens with zero attached hydrogens (tertiary/aromatic N) is 4. The number of aryl methyl sites for hydroxylation is 2. The molecule has 3 aromatic rings. The zero-order valence-corrected chi connectivity index (χ0v) is 21.3. The van der Waals surface area contributed by atoms with Crippen molar-refractivity contribution in [3.63, 3.8) is 0 Å². The largest absolute Gasteiger partial charge is 0.433 e. The van der Waals surface area contributed by atoms with Gasteiger partial charge in [0.05, 0.1) is 23.4 Å². The first kappa shape index (κ1) is 28.1. The van der Waals surface area contributed by atoms with Crippen LogP contribution in [-0.4, -0.2) is 44.8 Å². The van der Waals surface area contributed by atoms with Crippen LogP contribution < -0.4 is 5.32 Å². The van der Waals surface area contributed by atoms with Gasteiger partial charge in [-0.05, 0) is 56.5 Å². The van der Waals surface area contributed by atoms with Gasteiger partial charge in [0.15, 0.2) is 0 Å². The maximum absolute atomic E-state index is 14.0. The van der Waals surface area contributed by atoms with Crippen molar-refractivity contribution >= 4 is 11.8 Å². The summed E-state index contributed by atoms with van der Waals surface area (Å²) in [7, 11) is 0. The quantitative estimate of drug-likeness (QED) is 0.454. The smallest absolute Gasteiger partial charge is 0.348 e. The van der Waals surface area contributed by atoms with Crippen molar-refractivity contribution in [2.45, 2.75) is 51.7 Å². The van der Waals surface area contributed by atoms with Crippen LogP contribution in [0.2, 0.25) is 0 Å². The monoisotopic (exact) mass is 547 g/mol. The van der Waals surface area contributed by atoms with Crippen molar-refractivity contribution < 1.29 is 31.5 Å². The van der Waals surface area contributed by atoms with Crippen LogP contribution in [0.1, 0.15) is 63.2 Å². The van der Waals surface area contributed by atoms with Gasteiger partial charge < -0.3 is 10.2 Å². The van der Waals surface area contributed by atoms with E-state index in [9.17, 15) is 31.5 Å². The summed E-state index contributed by atoms with van der Waals surface area (Å²) in [5.41, 5.74) is 0.0654. The second-order valence-corrected chi connectivity index (χ2v) is 9.38. The molecular formula is C27H26F5N5O2. The fourth-order valence-electron chi connectivity index (χ4n) is 4.69. The number of carbonyl (C=O) groups is 2. The Kier molecular flexibility index (Phi) is 8.22. The lowest BCUT2D eigenvalue weighted by Gasteiger charge is -2.32. The van der Waals surface area contributed by atoms with E-state index >= 15 is 0 Å². The molecule has 7 nitrogen and oxygen atoms in total. The van der Waals surface area contributed by atoms with Gasteiger partial charge in [0, 0.05) is 37.3 Å². The van der Waals surface area contributed by atoms with Gasteiger partial charge in [0.25, 0.3) is 5.91 Å². The number of rotatable bonds is 6. The van der Waals surface area contributed by atoms with Gasteiger partial charge in [0.1, 0.15) is 23.2 Å². The van der Waals surface area contributed by atoms with Crippen molar-refractivity contribution in [1.82, 2.24) is 25.2 Å². The lowest BCUT2D eigenvalue weighted by atomic mass is 9.89. The molecule has 206 valence electrons. The molecule has 1 fully saturated rings. The molecule has 0 aliphatic carbocycles. The Bertz CT molecular complexity index is 1370. The van der Waals surface area contributed by atoms with Crippen molar-refractivity contribution in [3.05, 3.63) is 87.8 Å². The molecule has 4 rings (SSSR count). The third kappa shape index (κ3) is 6.55. The van der Waals surface area contributed by atoms with Crippen molar-refractivity contribution in [3.8, 4) is 0 Å². The highest BCUT2D eigenvalue weighted by Crippen LogP contribution is 2.31. The lowest BCUT2D eigenvalue weighted by molar-refractivity contribution is -0.141. The Balaban J connectivity index is 1.45. The Hall–Kier alpha value is -3.96. The second kappa shape index (κ2) is 11.4. The first-order chi connectivity index (χ1) is 18.4. The normalized spacial score (nSPS) is 14.4. The van der Waals surface area contributed by atoms with E-state index in [1.165, 1.54) is 17.0 Å². The summed E-state index contributed by atoms with van der Waals surface area (Å²) in [6, 6.07) is 5.71. The number of likely N-dealkylation sites (tertiary alicyclic amines) is 1. The summed E-state index contributed by atoms with van der Waals surface area (Å²) in [4.78, 5) is 39.6. The molecular weight excluding hydrogens is 521 g/mol. The number of hydrogen-bond donors (Lipinski definition) is 1. The Morgan fingerprint density at radius 3 is 2.36 bits per heavy atom. The van der Waals surface area contributed by atoms with Crippen LogP contribution in [-0.2, 0) is 23.9 Å². The number of pyridine rings is 1. The topological polar surface area (TPSA) is 88.1 Å². The summed E-state index contributed by atoms with van der Waals surface area (Å²) in [5.74, 6) is -2.22. The van der Waals surface area contributed by atoms with Gasteiger partial charge in [-0.2, -0.15) is 13.2 Å².